The molecule has 0 saturated heterocycles. The van der Waals surface area contributed by atoms with Crippen molar-refractivity contribution >= 4 is 37.4 Å². The lowest BCUT2D eigenvalue weighted by Gasteiger charge is -2.44. The van der Waals surface area contributed by atoms with E-state index in [0.29, 0.717) is 6.42 Å². The number of hydrogen-bond acceptors (Lipinski definition) is 6. The fourth-order valence-corrected chi connectivity index (χ4v) is 7.06. The number of aliphatic hydroxyl groups is 1. The summed E-state index contributed by atoms with van der Waals surface area (Å²) in [6.07, 6.45) is 8.37. The smallest absolute Gasteiger partial charge is 0.223 e. The topological polar surface area (TPSA) is 88.5 Å². The number of aliphatic hydroxyl groups excluding tert-OH is 1. The summed E-state index contributed by atoms with van der Waals surface area (Å²) in [5.41, 5.74) is 0.790. The van der Waals surface area contributed by atoms with E-state index in [4.69, 9.17) is 4.43 Å². The van der Waals surface area contributed by atoms with Gasteiger partial charge < -0.3 is 14.8 Å². The predicted octanol–water partition coefficient (Wildman–Crippen LogP) is 7.48. The molecule has 2 N–H and O–H groups in total. The highest BCUT2D eigenvalue weighted by molar-refractivity contribution is 7.09. The van der Waals surface area contributed by atoms with Crippen LogP contribution in [0.5, 0.6) is 0 Å². The molecule has 0 fully saturated rings. The van der Waals surface area contributed by atoms with E-state index in [1.807, 2.05) is 32.2 Å². The third-order valence-corrected chi connectivity index (χ3v) is 14.3. The first-order valence-electron chi connectivity index (χ1n) is 14.8. The molecule has 1 amide bonds. The molecule has 1 aromatic rings. The van der Waals surface area contributed by atoms with Crippen molar-refractivity contribution in [3.8, 4) is 0 Å². The number of thiazole rings is 1. The number of allylic oxidation sites excluding steroid dienone is 1. The second-order valence-corrected chi connectivity index (χ2v) is 19.7. The number of aryl methyl sites for hydroxylation is 1. The average molecular weight is 591 g/mol. The van der Waals surface area contributed by atoms with Crippen LogP contribution in [0.15, 0.2) is 23.1 Å². The Bertz CT molecular complexity index is 1070. The van der Waals surface area contributed by atoms with E-state index in [-0.39, 0.29) is 41.2 Å². The Balaban J connectivity index is 2.37. The van der Waals surface area contributed by atoms with Gasteiger partial charge in [0.2, 0.25) is 5.91 Å². The van der Waals surface area contributed by atoms with Crippen LogP contribution in [0.4, 0.5) is 0 Å². The Labute approximate surface area is 248 Å². The monoisotopic (exact) mass is 590 g/mol. The fourth-order valence-electron chi connectivity index (χ4n) is 5.02. The molecule has 0 spiro atoms. The van der Waals surface area contributed by atoms with E-state index in [2.05, 4.69) is 63.2 Å². The molecular formula is C32H54N2O4SSi. The summed E-state index contributed by atoms with van der Waals surface area (Å²) in [5, 5.41) is 17.4. The Morgan fingerprint density at radius 3 is 2.45 bits per heavy atom. The van der Waals surface area contributed by atoms with Crippen molar-refractivity contribution in [1.29, 1.82) is 0 Å². The molecule has 6 nitrogen and oxygen atoms in total. The maximum atomic E-state index is 14.0. The van der Waals surface area contributed by atoms with Crippen LogP contribution in [-0.2, 0) is 14.0 Å². The highest BCUT2D eigenvalue weighted by Gasteiger charge is 2.46. The second-order valence-electron chi connectivity index (χ2n) is 13.9. The zero-order valence-corrected chi connectivity index (χ0v) is 28.6. The molecular weight excluding hydrogens is 537 g/mol. The van der Waals surface area contributed by atoms with Crippen molar-refractivity contribution in [3.05, 3.63) is 33.8 Å². The number of rotatable bonds is 4. The third-order valence-electron chi connectivity index (χ3n) is 9.02. The van der Waals surface area contributed by atoms with E-state index < -0.39 is 25.8 Å². The Morgan fingerprint density at radius 2 is 1.88 bits per heavy atom. The van der Waals surface area contributed by atoms with Gasteiger partial charge in [0, 0.05) is 11.3 Å². The molecule has 1 unspecified atom stereocenters. The van der Waals surface area contributed by atoms with E-state index in [9.17, 15) is 14.7 Å². The number of hydrogen-bond donors (Lipinski definition) is 2. The number of nitrogens with one attached hydrogen (secondary N) is 1. The number of carbonyl (C=O) groups is 2. The van der Waals surface area contributed by atoms with Gasteiger partial charge in [-0.1, -0.05) is 60.6 Å². The highest BCUT2D eigenvalue weighted by Crippen LogP contribution is 2.41. The van der Waals surface area contributed by atoms with Crippen LogP contribution in [0.3, 0.4) is 0 Å². The van der Waals surface area contributed by atoms with Gasteiger partial charge in [0.05, 0.1) is 40.8 Å². The lowest BCUT2D eigenvalue weighted by molar-refractivity contribution is -0.142. The summed E-state index contributed by atoms with van der Waals surface area (Å²) in [6, 6.07) is -0.218. The molecule has 5 atom stereocenters. The summed E-state index contributed by atoms with van der Waals surface area (Å²) in [5.74, 6) is -0.539. The highest BCUT2D eigenvalue weighted by atomic mass is 32.1. The molecule has 226 valence electrons. The molecule has 0 aliphatic carbocycles. The number of ketones is 1. The zero-order chi connectivity index (χ0) is 30.5. The van der Waals surface area contributed by atoms with Crippen LogP contribution < -0.4 is 5.32 Å². The molecule has 8 heteroatoms. The molecule has 0 saturated carbocycles. The first kappa shape index (κ1) is 34.6. The normalized spacial score (nSPS) is 29.2. The van der Waals surface area contributed by atoms with Crippen molar-refractivity contribution in [2.75, 3.05) is 0 Å². The molecule has 40 heavy (non-hydrogen) atoms. The van der Waals surface area contributed by atoms with Crippen molar-refractivity contribution < 1.29 is 19.1 Å². The molecule has 0 bridgehead atoms. The minimum absolute atomic E-state index is 0.0159. The lowest BCUT2D eigenvalue weighted by atomic mass is 9.73. The largest absolute Gasteiger partial charge is 0.413 e. The first-order valence-corrected chi connectivity index (χ1v) is 18.6. The summed E-state index contributed by atoms with van der Waals surface area (Å²) < 4.78 is 6.91. The van der Waals surface area contributed by atoms with E-state index in [1.54, 1.807) is 25.2 Å². The van der Waals surface area contributed by atoms with Crippen LogP contribution in [0.2, 0.25) is 18.1 Å². The Hall–Kier alpha value is -1.61. The summed E-state index contributed by atoms with van der Waals surface area (Å²) in [7, 11) is -2.15. The number of nitrogens with zero attached hydrogens (tertiary/aromatic N) is 1. The minimum Gasteiger partial charge on any atom is -0.413 e. The molecule has 0 radical (unpaired) electrons. The van der Waals surface area contributed by atoms with Crippen LogP contribution >= 0.6 is 11.3 Å². The van der Waals surface area contributed by atoms with Gasteiger partial charge in [0.15, 0.2) is 8.32 Å². The maximum absolute atomic E-state index is 14.0. The lowest BCUT2D eigenvalue weighted by Crippen LogP contribution is -2.52. The average Bonchev–Trinajstić information content (AvgIpc) is 3.25. The van der Waals surface area contributed by atoms with Crippen molar-refractivity contribution in [2.45, 2.75) is 131 Å². The number of aromatic nitrogens is 1. The standard InChI is InChI=1S/C32H54N2O4SSi/c1-21-16-14-12-13-15-17-26(22(2)18-25-20-39-24(4)33-25)34-28(36)19-27(35)32(8,9)30(37)23(3)29(21)38-40(10,11)31(5,6)7/h13,15,18,20-21,23,26-27,29,35H,12,14,16-17,19H2,1-11H3,(H,34,36)/b15-13-,22-18+/t21-,23+,26-,27-,29?/m0/s1. The molecule has 1 aromatic heterocycles. The molecule has 2 heterocycles. The summed E-state index contributed by atoms with van der Waals surface area (Å²) in [6.45, 7) is 22.7. The van der Waals surface area contributed by atoms with Gasteiger partial charge in [0.25, 0.3) is 0 Å². The van der Waals surface area contributed by atoms with Gasteiger partial charge in [-0.2, -0.15) is 0 Å². The van der Waals surface area contributed by atoms with Gasteiger partial charge in [-0.15, -0.1) is 11.3 Å². The molecule has 2 rings (SSSR count). The third kappa shape index (κ3) is 9.20. The summed E-state index contributed by atoms with van der Waals surface area (Å²) in [4.78, 5) is 31.7. The quantitative estimate of drug-likeness (QED) is 0.280. The molecule has 1 aliphatic heterocycles. The van der Waals surface area contributed by atoms with Crippen molar-refractivity contribution in [3.63, 3.8) is 0 Å². The van der Waals surface area contributed by atoms with Gasteiger partial charge in [0.1, 0.15) is 5.78 Å². The molecule has 1 aliphatic rings. The van der Waals surface area contributed by atoms with Gasteiger partial charge in [-0.25, -0.2) is 4.98 Å². The first-order chi connectivity index (χ1) is 18.4. The van der Waals surface area contributed by atoms with Gasteiger partial charge in [-0.3, -0.25) is 9.59 Å². The number of amides is 1. The SMILES string of the molecule is C/C(=C\c1csc(C)n1)[C@@H]1C/C=C\CCC[C@H](C)C(O[Si](C)(C)C(C)(C)C)[C@@H](C)C(=O)C(C)(C)[C@@H](O)CC(=O)N1. The van der Waals surface area contributed by atoms with E-state index in [0.717, 1.165) is 35.5 Å². The maximum Gasteiger partial charge on any atom is 0.223 e. The fraction of sp³-hybridized carbons (Fsp3) is 0.719. The van der Waals surface area contributed by atoms with E-state index >= 15 is 0 Å². The van der Waals surface area contributed by atoms with E-state index in [1.165, 1.54) is 0 Å². The number of Topliss-reactive ketones (excluding diaryl/α,β-unsaturated/α-hetero) is 1. The Kier molecular flexibility index (Phi) is 12.1. The van der Waals surface area contributed by atoms with Crippen LogP contribution in [-0.4, -0.2) is 48.3 Å². The van der Waals surface area contributed by atoms with Crippen LogP contribution in [0, 0.1) is 24.2 Å². The second kappa shape index (κ2) is 14.0. The Morgan fingerprint density at radius 1 is 1.23 bits per heavy atom. The van der Waals surface area contributed by atoms with Crippen LogP contribution in [0.25, 0.3) is 6.08 Å². The van der Waals surface area contributed by atoms with Gasteiger partial charge >= 0.3 is 0 Å². The number of carbonyl (C=O) groups excluding carboxylic acids is 2. The molecule has 0 aromatic carbocycles. The summed E-state index contributed by atoms with van der Waals surface area (Å²) >= 11 is 1.60. The van der Waals surface area contributed by atoms with Gasteiger partial charge in [-0.05, 0) is 75.2 Å². The zero-order valence-electron chi connectivity index (χ0n) is 26.8. The minimum atomic E-state index is -2.15. The van der Waals surface area contributed by atoms with Crippen molar-refractivity contribution in [2.24, 2.45) is 17.3 Å². The van der Waals surface area contributed by atoms with Crippen molar-refractivity contribution in [1.82, 2.24) is 10.3 Å². The predicted molar refractivity (Wildman–Crippen MR) is 170 cm³/mol. The van der Waals surface area contributed by atoms with Crippen LogP contribution in [0.1, 0.15) is 98.2 Å².